The highest BCUT2D eigenvalue weighted by atomic mass is 35.5. The van der Waals surface area contributed by atoms with Gasteiger partial charge in [-0.1, -0.05) is 36.2 Å². The van der Waals surface area contributed by atoms with Crippen molar-refractivity contribution in [2.45, 2.75) is 38.9 Å². The van der Waals surface area contributed by atoms with Crippen LogP contribution in [0.25, 0.3) is 28.1 Å². The van der Waals surface area contributed by atoms with Crippen LogP contribution in [0.3, 0.4) is 0 Å². The van der Waals surface area contributed by atoms with E-state index in [1.807, 2.05) is 13.0 Å². The standard InChI is InChI=1S/C32H26ClFN8O2/c1-19-3-2-4-29(22-10-21(15-36-16-22)25-7-5-20(14-35)9-28(25)38-32(19)44)41-18-37-27(12-31(41)43)26-11-23(33)6-8-30(26)42-17-24(13-34)39-40-42/h5-12,15-19,29H,2-4,13H2,1H3,(H,38,44)/t19-,29+/m1/s1. The lowest BCUT2D eigenvalue weighted by molar-refractivity contribution is -0.119. The molecule has 1 N–H and O–H groups in total. The molecule has 2 atom stereocenters. The van der Waals surface area contributed by atoms with Crippen molar-refractivity contribution in [2.24, 2.45) is 5.92 Å². The Bertz CT molecular complexity index is 1980. The third kappa shape index (κ3) is 5.72. The van der Waals surface area contributed by atoms with Gasteiger partial charge in [0, 0.05) is 51.8 Å². The topological polar surface area (TPSA) is 131 Å². The van der Waals surface area contributed by atoms with Crippen molar-refractivity contribution in [3.05, 3.63) is 106 Å². The quantitative estimate of drug-likeness (QED) is 0.269. The number of amides is 1. The highest BCUT2D eigenvalue weighted by molar-refractivity contribution is 6.31. The van der Waals surface area contributed by atoms with Gasteiger partial charge in [0.15, 0.2) is 0 Å². The molecule has 1 amide bonds. The molecule has 220 valence electrons. The van der Waals surface area contributed by atoms with E-state index in [9.17, 15) is 19.2 Å². The van der Waals surface area contributed by atoms with Crippen LogP contribution < -0.4 is 10.9 Å². The van der Waals surface area contributed by atoms with Crippen LogP contribution in [0, 0.1) is 17.2 Å². The number of anilines is 1. The Hall–Kier alpha value is -5.21. The van der Waals surface area contributed by atoms with Crippen LogP contribution in [0.1, 0.15) is 49.0 Å². The highest BCUT2D eigenvalue weighted by Gasteiger charge is 2.23. The molecule has 12 heteroatoms. The smallest absolute Gasteiger partial charge is 0.254 e. The molecule has 1 aliphatic rings. The molecule has 1 aliphatic heterocycles. The largest absolute Gasteiger partial charge is 0.325 e. The number of carbonyl (C=O) groups is 1. The molecule has 0 aliphatic carbocycles. The summed E-state index contributed by atoms with van der Waals surface area (Å²) in [4.78, 5) is 35.9. The minimum atomic E-state index is -0.759. The molecule has 0 fully saturated rings. The lowest BCUT2D eigenvalue weighted by Crippen LogP contribution is -2.26. The molecule has 0 spiro atoms. The van der Waals surface area contributed by atoms with Gasteiger partial charge < -0.3 is 5.32 Å². The highest BCUT2D eigenvalue weighted by Crippen LogP contribution is 2.34. The summed E-state index contributed by atoms with van der Waals surface area (Å²) in [6, 6.07) is 15.3. The van der Waals surface area contributed by atoms with E-state index in [1.54, 1.807) is 53.4 Å². The van der Waals surface area contributed by atoms with Crippen LogP contribution >= 0.6 is 11.6 Å². The fraction of sp³-hybridized carbons (Fsp3) is 0.219. The predicted molar refractivity (Wildman–Crippen MR) is 163 cm³/mol. The summed E-state index contributed by atoms with van der Waals surface area (Å²) >= 11 is 6.31. The zero-order chi connectivity index (χ0) is 30.8. The molecule has 44 heavy (non-hydrogen) atoms. The lowest BCUT2D eigenvalue weighted by Gasteiger charge is -2.23. The van der Waals surface area contributed by atoms with Gasteiger partial charge in [-0.15, -0.1) is 5.10 Å². The zero-order valence-corrected chi connectivity index (χ0v) is 24.4. The Morgan fingerprint density at radius 3 is 2.73 bits per heavy atom. The van der Waals surface area contributed by atoms with Crippen LogP contribution in [0.15, 0.2) is 78.2 Å². The molecule has 10 nitrogen and oxygen atoms in total. The summed E-state index contributed by atoms with van der Waals surface area (Å²) in [6.45, 7) is 1.10. The molecule has 4 heterocycles. The van der Waals surface area contributed by atoms with Gasteiger partial charge in [-0.05, 0) is 54.8 Å². The number of hydrogen-bond donors (Lipinski definition) is 1. The van der Waals surface area contributed by atoms with Gasteiger partial charge in [0.25, 0.3) is 5.56 Å². The summed E-state index contributed by atoms with van der Waals surface area (Å²) < 4.78 is 16.1. The van der Waals surface area contributed by atoms with Gasteiger partial charge in [0.1, 0.15) is 12.4 Å². The maximum Gasteiger partial charge on any atom is 0.254 e. The van der Waals surface area contributed by atoms with E-state index >= 15 is 0 Å². The average Bonchev–Trinajstić information content (AvgIpc) is 3.52. The predicted octanol–water partition coefficient (Wildman–Crippen LogP) is 5.90. The molecule has 0 saturated heterocycles. The maximum atomic E-state index is 13.7. The SMILES string of the molecule is C[C@@H]1CCC[C@H](n2cnc(-c3cc(Cl)ccc3-n3cc(CF)nn3)cc2=O)c2cncc(c2)-c2ccc(C#N)cc2NC1=O. The Kier molecular flexibility index (Phi) is 8.00. The number of benzene rings is 2. The number of nitrogens with zero attached hydrogens (tertiary/aromatic N) is 7. The van der Waals surface area contributed by atoms with Gasteiger partial charge >= 0.3 is 0 Å². The zero-order valence-electron chi connectivity index (χ0n) is 23.6. The van der Waals surface area contributed by atoms with E-state index < -0.39 is 12.7 Å². The minimum Gasteiger partial charge on any atom is -0.325 e. The summed E-state index contributed by atoms with van der Waals surface area (Å²) in [5, 5.41) is 20.7. The van der Waals surface area contributed by atoms with Crippen LogP contribution in [0.4, 0.5) is 10.1 Å². The minimum absolute atomic E-state index is 0.144. The van der Waals surface area contributed by atoms with E-state index in [0.29, 0.717) is 52.5 Å². The van der Waals surface area contributed by atoms with Crippen molar-refractivity contribution in [1.29, 1.82) is 5.26 Å². The van der Waals surface area contributed by atoms with Crippen LogP contribution in [0.2, 0.25) is 5.02 Å². The van der Waals surface area contributed by atoms with E-state index in [0.717, 1.165) is 16.7 Å². The number of aromatic nitrogens is 6. The fourth-order valence-corrected chi connectivity index (χ4v) is 5.58. The molecule has 0 radical (unpaired) electrons. The molecule has 5 aromatic rings. The molecule has 6 rings (SSSR count). The van der Waals surface area contributed by atoms with Crippen molar-refractivity contribution in [3.8, 4) is 34.1 Å². The van der Waals surface area contributed by atoms with Crippen LogP contribution in [-0.4, -0.2) is 35.4 Å². The molecule has 2 bridgehead atoms. The number of halogens is 2. The Labute approximate surface area is 256 Å². The Morgan fingerprint density at radius 1 is 1.09 bits per heavy atom. The molecule has 2 aromatic carbocycles. The molecular formula is C32H26ClFN8O2. The van der Waals surface area contributed by atoms with Gasteiger partial charge in [-0.25, -0.2) is 14.1 Å². The van der Waals surface area contributed by atoms with Gasteiger partial charge in [0.2, 0.25) is 5.91 Å². The van der Waals surface area contributed by atoms with Crippen molar-refractivity contribution in [1.82, 2.24) is 29.5 Å². The third-order valence-electron chi connectivity index (χ3n) is 7.75. The number of pyridine rings is 1. The van der Waals surface area contributed by atoms with Gasteiger partial charge in [0.05, 0.1) is 41.6 Å². The first-order valence-corrected chi connectivity index (χ1v) is 14.4. The van der Waals surface area contributed by atoms with E-state index in [4.69, 9.17) is 11.6 Å². The molecule has 0 unspecified atom stereocenters. The number of nitriles is 1. The second kappa shape index (κ2) is 12.2. The summed E-state index contributed by atoms with van der Waals surface area (Å²) in [5.41, 5.74) is 4.55. The molecular weight excluding hydrogens is 583 g/mol. The summed E-state index contributed by atoms with van der Waals surface area (Å²) in [7, 11) is 0. The first-order valence-electron chi connectivity index (χ1n) is 14.0. The summed E-state index contributed by atoms with van der Waals surface area (Å²) in [6.07, 6.45) is 8.21. The average molecular weight is 609 g/mol. The number of nitrogens with one attached hydrogen (secondary N) is 1. The third-order valence-corrected chi connectivity index (χ3v) is 7.99. The van der Waals surface area contributed by atoms with Crippen molar-refractivity contribution in [2.75, 3.05) is 5.32 Å². The van der Waals surface area contributed by atoms with Crippen LogP contribution in [0.5, 0.6) is 0 Å². The maximum absolute atomic E-state index is 13.7. The van der Waals surface area contributed by atoms with Crippen LogP contribution in [-0.2, 0) is 11.5 Å². The lowest BCUT2D eigenvalue weighted by atomic mass is 9.93. The van der Waals surface area contributed by atoms with Crippen molar-refractivity contribution in [3.63, 3.8) is 0 Å². The number of hydrogen-bond acceptors (Lipinski definition) is 7. The summed E-state index contributed by atoms with van der Waals surface area (Å²) in [5.74, 6) is -0.438. The van der Waals surface area contributed by atoms with E-state index in [-0.39, 0.29) is 23.1 Å². The molecule has 3 aromatic heterocycles. The van der Waals surface area contributed by atoms with Crippen molar-refractivity contribution < 1.29 is 9.18 Å². The second-order valence-electron chi connectivity index (χ2n) is 10.7. The van der Waals surface area contributed by atoms with E-state index in [2.05, 4.69) is 31.7 Å². The van der Waals surface area contributed by atoms with E-state index in [1.165, 1.54) is 23.3 Å². The Balaban J connectivity index is 1.43. The van der Waals surface area contributed by atoms with Gasteiger partial charge in [-0.3, -0.25) is 19.1 Å². The van der Waals surface area contributed by atoms with Gasteiger partial charge in [-0.2, -0.15) is 5.26 Å². The number of carbonyl (C=O) groups excluding carboxylic acids is 1. The second-order valence-corrected chi connectivity index (χ2v) is 11.1. The number of alkyl halides is 1. The fourth-order valence-electron chi connectivity index (χ4n) is 5.41. The normalized spacial score (nSPS) is 16.6. The Morgan fingerprint density at radius 2 is 1.95 bits per heavy atom. The van der Waals surface area contributed by atoms with Crippen molar-refractivity contribution >= 4 is 23.2 Å². The first kappa shape index (κ1) is 28.9. The number of fused-ring (bicyclic) bond motifs is 4. The first-order chi connectivity index (χ1) is 21.3. The molecule has 0 saturated carbocycles. The number of rotatable bonds is 4. The monoisotopic (exact) mass is 608 g/mol.